The molecular weight excluding hydrogens is 270 g/mol. The van der Waals surface area contributed by atoms with Crippen molar-refractivity contribution in [2.24, 2.45) is 0 Å². The summed E-state index contributed by atoms with van der Waals surface area (Å²) in [5.41, 5.74) is 1.76. The van der Waals surface area contributed by atoms with Gasteiger partial charge in [-0.1, -0.05) is 19.9 Å². The molecule has 5 nitrogen and oxygen atoms in total. The summed E-state index contributed by atoms with van der Waals surface area (Å²) in [6.07, 6.45) is 0. The van der Waals surface area contributed by atoms with Crippen LogP contribution in [0.15, 0.2) is 28.3 Å². The molecule has 2 aromatic rings. The molecule has 0 fully saturated rings. The molecule has 1 aromatic carbocycles. The van der Waals surface area contributed by atoms with E-state index in [0.717, 1.165) is 22.8 Å². The van der Waals surface area contributed by atoms with E-state index in [1.54, 1.807) is 0 Å². The molecule has 0 radical (unpaired) electrons. The Hall–Kier alpha value is -1.84. The molecule has 0 bridgehead atoms. The Balaban J connectivity index is 2.16. The number of aryl methyl sites for hydroxylation is 1. The zero-order valence-electron chi connectivity index (χ0n) is 11.8. The van der Waals surface area contributed by atoms with Crippen LogP contribution in [0.3, 0.4) is 0 Å². The second-order valence-corrected chi connectivity index (χ2v) is 5.79. The number of H-pyrrole nitrogens is 1. The van der Waals surface area contributed by atoms with E-state index in [1.807, 2.05) is 25.1 Å². The minimum atomic E-state index is 0.422. The van der Waals surface area contributed by atoms with Crippen LogP contribution in [0.5, 0.6) is 0 Å². The van der Waals surface area contributed by atoms with Crippen molar-refractivity contribution >= 4 is 11.8 Å². The number of nitriles is 1. The normalized spacial score (nSPS) is 10.8. The lowest BCUT2D eigenvalue weighted by Crippen LogP contribution is -2.21. The van der Waals surface area contributed by atoms with Crippen molar-refractivity contribution in [2.45, 2.75) is 43.4 Å². The van der Waals surface area contributed by atoms with Crippen molar-refractivity contribution in [2.75, 3.05) is 0 Å². The van der Waals surface area contributed by atoms with Crippen LogP contribution in [0.2, 0.25) is 0 Å². The van der Waals surface area contributed by atoms with Crippen LogP contribution in [0.1, 0.15) is 30.8 Å². The molecule has 0 amide bonds. The molecule has 2 rings (SSSR count). The molecule has 1 aromatic heterocycles. The van der Waals surface area contributed by atoms with Gasteiger partial charge >= 0.3 is 0 Å². The van der Waals surface area contributed by atoms with Crippen LogP contribution in [-0.4, -0.2) is 21.2 Å². The standard InChI is InChI=1S/C14H17N5S/c1-9(2)16-8-11-4-5-13(12(6-11)7-15)20-14-17-10(3)18-19-14/h4-6,9,16H,8H2,1-3H3,(H,17,18,19). The van der Waals surface area contributed by atoms with Crippen LogP contribution >= 0.6 is 11.8 Å². The molecule has 104 valence electrons. The average Bonchev–Trinajstić information content (AvgIpc) is 2.83. The van der Waals surface area contributed by atoms with Gasteiger partial charge in [0.2, 0.25) is 5.16 Å². The summed E-state index contributed by atoms with van der Waals surface area (Å²) in [6.45, 7) is 6.81. The molecule has 0 unspecified atom stereocenters. The van der Waals surface area contributed by atoms with Gasteiger partial charge in [0.1, 0.15) is 11.9 Å². The molecule has 0 saturated heterocycles. The summed E-state index contributed by atoms with van der Waals surface area (Å²) in [5, 5.41) is 20.1. The Morgan fingerprint density at radius 2 is 2.25 bits per heavy atom. The molecule has 0 spiro atoms. The van der Waals surface area contributed by atoms with Crippen molar-refractivity contribution < 1.29 is 0 Å². The van der Waals surface area contributed by atoms with Crippen LogP contribution in [0.4, 0.5) is 0 Å². The smallest absolute Gasteiger partial charge is 0.213 e. The van der Waals surface area contributed by atoms with E-state index in [1.165, 1.54) is 11.8 Å². The van der Waals surface area contributed by atoms with E-state index in [0.29, 0.717) is 16.8 Å². The van der Waals surface area contributed by atoms with E-state index in [9.17, 15) is 5.26 Å². The van der Waals surface area contributed by atoms with Crippen molar-refractivity contribution in [3.05, 3.63) is 35.2 Å². The summed E-state index contributed by atoms with van der Waals surface area (Å²) in [5.74, 6) is 0.767. The van der Waals surface area contributed by atoms with Crippen LogP contribution in [-0.2, 0) is 6.54 Å². The van der Waals surface area contributed by atoms with Crippen LogP contribution in [0.25, 0.3) is 0 Å². The van der Waals surface area contributed by atoms with Crippen molar-refractivity contribution in [3.8, 4) is 6.07 Å². The lowest BCUT2D eigenvalue weighted by Gasteiger charge is -2.09. The van der Waals surface area contributed by atoms with E-state index in [4.69, 9.17) is 0 Å². The molecular formula is C14H17N5S. The number of aromatic nitrogens is 3. The molecule has 2 N–H and O–H groups in total. The number of aromatic amines is 1. The SMILES string of the molecule is Cc1nc(Sc2ccc(CNC(C)C)cc2C#N)n[nH]1. The molecule has 0 saturated carbocycles. The number of hydrogen-bond donors (Lipinski definition) is 2. The first-order chi connectivity index (χ1) is 9.58. The summed E-state index contributed by atoms with van der Waals surface area (Å²) >= 11 is 1.40. The maximum atomic E-state index is 9.27. The molecule has 0 atom stereocenters. The zero-order valence-corrected chi connectivity index (χ0v) is 12.6. The van der Waals surface area contributed by atoms with E-state index >= 15 is 0 Å². The Labute approximate surface area is 122 Å². The van der Waals surface area contributed by atoms with Gasteiger partial charge in [-0.25, -0.2) is 4.98 Å². The highest BCUT2D eigenvalue weighted by Gasteiger charge is 2.09. The maximum absolute atomic E-state index is 9.27. The Kier molecular flexibility index (Phi) is 4.77. The maximum Gasteiger partial charge on any atom is 0.213 e. The highest BCUT2D eigenvalue weighted by Crippen LogP contribution is 2.28. The topological polar surface area (TPSA) is 77.4 Å². The minimum Gasteiger partial charge on any atom is -0.310 e. The third kappa shape index (κ3) is 3.83. The minimum absolute atomic E-state index is 0.422. The predicted molar refractivity (Wildman–Crippen MR) is 78.4 cm³/mol. The summed E-state index contributed by atoms with van der Waals surface area (Å²) in [4.78, 5) is 5.11. The fraction of sp³-hybridized carbons (Fsp3) is 0.357. The number of rotatable bonds is 5. The largest absolute Gasteiger partial charge is 0.310 e. The second kappa shape index (κ2) is 6.55. The Bertz CT molecular complexity index is 627. The van der Waals surface area contributed by atoms with E-state index in [2.05, 4.69) is 40.4 Å². The number of nitrogens with one attached hydrogen (secondary N) is 2. The van der Waals surface area contributed by atoms with Crippen molar-refractivity contribution in [1.29, 1.82) is 5.26 Å². The van der Waals surface area contributed by atoms with Gasteiger partial charge in [0, 0.05) is 17.5 Å². The van der Waals surface area contributed by atoms with E-state index < -0.39 is 0 Å². The van der Waals surface area contributed by atoms with Crippen molar-refractivity contribution in [1.82, 2.24) is 20.5 Å². The fourth-order valence-corrected chi connectivity index (χ4v) is 2.47. The van der Waals surface area contributed by atoms with E-state index in [-0.39, 0.29) is 0 Å². The van der Waals surface area contributed by atoms with Crippen LogP contribution < -0.4 is 5.32 Å². The first-order valence-electron chi connectivity index (χ1n) is 6.41. The number of nitrogens with zero attached hydrogens (tertiary/aromatic N) is 3. The average molecular weight is 287 g/mol. The summed E-state index contributed by atoms with van der Waals surface area (Å²) in [6, 6.07) is 8.55. The summed E-state index contributed by atoms with van der Waals surface area (Å²) in [7, 11) is 0. The van der Waals surface area contributed by atoms with Crippen molar-refractivity contribution in [3.63, 3.8) is 0 Å². The lowest BCUT2D eigenvalue weighted by molar-refractivity contribution is 0.588. The molecule has 0 aliphatic carbocycles. The van der Waals surface area contributed by atoms with Gasteiger partial charge in [0.25, 0.3) is 0 Å². The lowest BCUT2D eigenvalue weighted by atomic mass is 10.1. The molecule has 6 heteroatoms. The second-order valence-electron chi connectivity index (χ2n) is 4.78. The third-order valence-corrected chi connectivity index (χ3v) is 3.60. The van der Waals surface area contributed by atoms with Gasteiger partial charge in [-0.05, 0) is 36.4 Å². The highest BCUT2D eigenvalue weighted by molar-refractivity contribution is 7.99. The molecule has 1 heterocycles. The monoisotopic (exact) mass is 287 g/mol. The van der Waals surface area contributed by atoms with Crippen LogP contribution in [0, 0.1) is 18.3 Å². The van der Waals surface area contributed by atoms with Gasteiger partial charge in [0.15, 0.2) is 0 Å². The Morgan fingerprint density at radius 3 is 2.85 bits per heavy atom. The number of hydrogen-bond acceptors (Lipinski definition) is 5. The summed E-state index contributed by atoms with van der Waals surface area (Å²) < 4.78 is 0. The predicted octanol–water partition coefficient (Wildman–Crippen LogP) is 2.63. The van der Waals surface area contributed by atoms with Gasteiger partial charge in [-0.2, -0.15) is 5.26 Å². The molecule has 0 aliphatic heterocycles. The molecule has 0 aliphatic rings. The third-order valence-electron chi connectivity index (χ3n) is 2.66. The first kappa shape index (κ1) is 14.6. The Morgan fingerprint density at radius 1 is 1.45 bits per heavy atom. The van der Waals surface area contributed by atoms with Gasteiger partial charge in [-0.15, -0.1) is 5.10 Å². The quantitative estimate of drug-likeness (QED) is 0.884. The highest BCUT2D eigenvalue weighted by atomic mass is 32.2. The fourth-order valence-electron chi connectivity index (χ4n) is 1.65. The van der Waals surface area contributed by atoms with Gasteiger partial charge in [0.05, 0.1) is 5.56 Å². The molecule has 20 heavy (non-hydrogen) atoms. The van der Waals surface area contributed by atoms with Gasteiger partial charge in [-0.3, -0.25) is 5.10 Å². The first-order valence-corrected chi connectivity index (χ1v) is 7.23. The number of benzene rings is 1. The van der Waals surface area contributed by atoms with Gasteiger partial charge < -0.3 is 5.32 Å². The zero-order chi connectivity index (χ0) is 14.5.